The van der Waals surface area contributed by atoms with E-state index in [1.54, 1.807) is 48.5 Å². The Morgan fingerprint density at radius 2 is 1.63 bits per heavy atom. The van der Waals surface area contributed by atoms with E-state index in [0.717, 1.165) is 31.5 Å². The molecule has 3 atom stereocenters. The van der Waals surface area contributed by atoms with Gasteiger partial charge in [-0.15, -0.1) is 0 Å². The van der Waals surface area contributed by atoms with Crippen LogP contribution in [0.1, 0.15) is 35.7 Å². The van der Waals surface area contributed by atoms with Crippen molar-refractivity contribution in [2.75, 3.05) is 26.2 Å². The maximum Gasteiger partial charge on any atom is 0.253 e. The number of benzene rings is 2. The van der Waals surface area contributed by atoms with Gasteiger partial charge in [0.15, 0.2) is 0 Å². The van der Waals surface area contributed by atoms with Crippen molar-refractivity contribution in [1.82, 2.24) is 14.8 Å². The monoisotopic (exact) mass is 535 g/mol. The van der Waals surface area contributed by atoms with Gasteiger partial charge in [-0.25, -0.2) is 9.37 Å². The first-order chi connectivity index (χ1) is 18.4. The van der Waals surface area contributed by atoms with Gasteiger partial charge in [0.25, 0.3) is 5.91 Å². The minimum absolute atomic E-state index is 0.0157. The third-order valence-electron chi connectivity index (χ3n) is 7.62. The quantitative estimate of drug-likeness (QED) is 0.397. The van der Waals surface area contributed by atoms with Crippen molar-refractivity contribution in [3.05, 3.63) is 88.8 Å². The fraction of sp³-hybridized carbons (Fsp3) is 0.367. The second-order valence-electron chi connectivity index (χ2n) is 10.3. The van der Waals surface area contributed by atoms with Crippen LogP contribution < -0.4 is 4.74 Å². The lowest BCUT2D eigenvalue weighted by atomic mass is 9.92. The summed E-state index contributed by atoms with van der Waals surface area (Å²) in [4.78, 5) is 34.4. The molecule has 0 aliphatic carbocycles. The molecule has 3 aromatic rings. The highest BCUT2D eigenvalue weighted by atomic mass is 35.5. The van der Waals surface area contributed by atoms with Gasteiger partial charge in [0, 0.05) is 49.9 Å². The molecular weight excluding hydrogens is 505 g/mol. The summed E-state index contributed by atoms with van der Waals surface area (Å²) >= 11 is 5.86. The summed E-state index contributed by atoms with van der Waals surface area (Å²) in [5.41, 5.74) is 1.59. The fourth-order valence-electron chi connectivity index (χ4n) is 5.50. The average molecular weight is 536 g/mol. The number of hydrogen-bond donors (Lipinski definition) is 0. The predicted molar refractivity (Wildman–Crippen MR) is 144 cm³/mol. The Labute approximate surface area is 227 Å². The van der Waals surface area contributed by atoms with Gasteiger partial charge in [0.05, 0.1) is 5.02 Å². The molecule has 198 valence electrons. The summed E-state index contributed by atoms with van der Waals surface area (Å²) in [7, 11) is 0. The van der Waals surface area contributed by atoms with Crippen molar-refractivity contribution < 1.29 is 18.7 Å². The molecule has 1 unspecified atom stereocenters. The molecule has 5 rings (SSSR count). The molecule has 0 saturated carbocycles. The van der Waals surface area contributed by atoms with Crippen LogP contribution in [0.2, 0.25) is 5.02 Å². The molecule has 6 nitrogen and oxygen atoms in total. The van der Waals surface area contributed by atoms with Crippen molar-refractivity contribution in [3.63, 3.8) is 0 Å². The van der Waals surface area contributed by atoms with Gasteiger partial charge in [-0.3, -0.25) is 9.59 Å². The Kier molecular flexibility index (Phi) is 7.93. The van der Waals surface area contributed by atoms with Crippen LogP contribution in [0, 0.1) is 23.6 Å². The Balaban J connectivity index is 1.13. The van der Waals surface area contributed by atoms with Gasteiger partial charge < -0.3 is 14.5 Å². The van der Waals surface area contributed by atoms with Crippen LogP contribution in [-0.4, -0.2) is 52.8 Å². The predicted octanol–water partition coefficient (Wildman–Crippen LogP) is 5.86. The molecule has 0 spiro atoms. The van der Waals surface area contributed by atoms with Gasteiger partial charge in [0.2, 0.25) is 11.8 Å². The maximum absolute atomic E-state index is 13.2. The first-order valence-corrected chi connectivity index (χ1v) is 13.5. The molecule has 2 fully saturated rings. The van der Waals surface area contributed by atoms with Crippen molar-refractivity contribution in [1.29, 1.82) is 0 Å². The molecule has 2 aromatic carbocycles. The molecule has 38 heavy (non-hydrogen) atoms. The molecule has 1 aromatic heterocycles. The molecule has 0 N–H and O–H groups in total. The zero-order valence-electron chi connectivity index (χ0n) is 21.4. The van der Waals surface area contributed by atoms with Crippen molar-refractivity contribution in [2.24, 2.45) is 17.8 Å². The lowest BCUT2D eigenvalue weighted by Gasteiger charge is -2.24. The third kappa shape index (κ3) is 6.16. The van der Waals surface area contributed by atoms with E-state index in [1.165, 1.54) is 18.3 Å². The SMILES string of the molecule is CC(Cc1ccc(F)cc1)C(=O)N1C[C@H]2CCN(C(=O)c3ccc(Oc4ccc(Cl)cn4)cc3)CC[C@H]2C1. The fourth-order valence-corrected chi connectivity index (χ4v) is 5.61. The van der Waals surface area contributed by atoms with Gasteiger partial charge in [0.1, 0.15) is 11.6 Å². The highest BCUT2D eigenvalue weighted by Crippen LogP contribution is 2.33. The second-order valence-corrected chi connectivity index (χ2v) is 10.7. The van der Waals surface area contributed by atoms with Crippen LogP contribution >= 0.6 is 11.6 Å². The topological polar surface area (TPSA) is 62.7 Å². The van der Waals surface area contributed by atoms with Gasteiger partial charge in [-0.2, -0.15) is 0 Å². The van der Waals surface area contributed by atoms with E-state index in [2.05, 4.69) is 4.98 Å². The number of nitrogens with zero attached hydrogens (tertiary/aromatic N) is 3. The van der Waals surface area contributed by atoms with Crippen molar-refractivity contribution in [3.8, 4) is 11.6 Å². The van der Waals surface area contributed by atoms with Gasteiger partial charge in [-0.1, -0.05) is 30.7 Å². The zero-order valence-corrected chi connectivity index (χ0v) is 22.1. The molecule has 0 radical (unpaired) electrons. The number of halogens is 2. The lowest BCUT2D eigenvalue weighted by molar-refractivity contribution is -0.134. The molecule has 2 aliphatic heterocycles. The molecule has 2 amide bonds. The number of rotatable bonds is 6. The number of hydrogen-bond acceptors (Lipinski definition) is 4. The number of pyridine rings is 1. The normalized spacial score (nSPS) is 20.0. The molecule has 2 aliphatic rings. The van der Waals surface area contributed by atoms with Gasteiger partial charge >= 0.3 is 0 Å². The number of amides is 2. The Morgan fingerprint density at radius 1 is 0.974 bits per heavy atom. The number of likely N-dealkylation sites (tertiary alicyclic amines) is 2. The summed E-state index contributed by atoms with van der Waals surface area (Å²) in [5.74, 6) is 1.59. The number of carbonyl (C=O) groups is 2. The van der Waals surface area contributed by atoms with Crippen LogP contribution in [0.15, 0.2) is 66.9 Å². The summed E-state index contributed by atoms with van der Waals surface area (Å²) in [5, 5.41) is 0.538. The Morgan fingerprint density at radius 3 is 2.24 bits per heavy atom. The standard InChI is InChI=1S/C30H31ClFN3O3/c1-20(16-21-2-7-26(32)8-3-21)29(36)35-18-23-12-14-34(15-13-24(23)19-35)30(37)22-4-9-27(10-5-22)38-28-11-6-25(31)17-33-28/h2-11,17,20,23-24H,12-16,18-19H2,1H3/t20?,23-,24+. The largest absolute Gasteiger partial charge is 0.439 e. The minimum atomic E-state index is -0.266. The lowest BCUT2D eigenvalue weighted by Crippen LogP contribution is -2.36. The average Bonchev–Trinajstić information content (AvgIpc) is 3.23. The first-order valence-electron chi connectivity index (χ1n) is 13.1. The summed E-state index contributed by atoms with van der Waals surface area (Å²) in [6, 6.07) is 16.9. The van der Waals surface area contributed by atoms with Crippen molar-refractivity contribution in [2.45, 2.75) is 26.2 Å². The number of carbonyl (C=O) groups excluding carboxylic acids is 2. The van der Waals surface area contributed by atoms with Crippen molar-refractivity contribution >= 4 is 23.4 Å². The Hall–Kier alpha value is -3.45. The highest BCUT2D eigenvalue weighted by Gasteiger charge is 2.38. The molecule has 2 saturated heterocycles. The Bertz CT molecular complexity index is 1250. The van der Waals surface area contributed by atoms with E-state index in [1.807, 2.05) is 16.7 Å². The van der Waals surface area contributed by atoms with E-state index in [9.17, 15) is 14.0 Å². The van der Waals surface area contributed by atoms with Crippen LogP contribution in [-0.2, 0) is 11.2 Å². The third-order valence-corrected chi connectivity index (χ3v) is 7.84. The van der Waals surface area contributed by atoms with E-state index in [0.29, 0.717) is 53.6 Å². The summed E-state index contributed by atoms with van der Waals surface area (Å²) in [6.45, 7) is 4.79. The second kappa shape index (κ2) is 11.5. The van der Waals surface area contributed by atoms with Crippen LogP contribution in [0.25, 0.3) is 0 Å². The number of ether oxygens (including phenoxy) is 1. The molecule has 0 bridgehead atoms. The molecule has 8 heteroatoms. The van der Waals surface area contributed by atoms with Crippen LogP contribution in [0.4, 0.5) is 4.39 Å². The summed E-state index contributed by atoms with van der Waals surface area (Å²) in [6.07, 6.45) is 3.90. The van der Waals surface area contributed by atoms with Crippen LogP contribution in [0.5, 0.6) is 11.6 Å². The minimum Gasteiger partial charge on any atom is -0.439 e. The van der Waals surface area contributed by atoms with E-state index in [-0.39, 0.29) is 23.5 Å². The smallest absolute Gasteiger partial charge is 0.253 e. The number of fused-ring (bicyclic) bond motifs is 1. The molecular formula is C30H31ClFN3O3. The first kappa shape index (κ1) is 26.2. The number of aromatic nitrogens is 1. The van der Waals surface area contributed by atoms with Crippen LogP contribution in [0.3, 0.4) is 0 Å². The zero-order chi connectivity index (χ0) is 26.6. The van der Waals surface area contributed by atoms with E-state index in [4.69, 9.17) is 16.3 Å². The maximum atomic E-state index is 13.2. The van der Waals surface area contributed by atoms with Gasteiger partial charge in [-0.05, 0) is 79.1 Å². The summed E-state index contributed by atoms with van der Waals surface area (Å²) < 4.78 is 18.9. The van der Waals surface area contributed by atoms with E-state index >= 15 is 0 Å². The highest BCUT2D eigenvalue weighted by molar-refractivity contribution is 6.30. The van der Waals surface area contributed by atoms with E-state index < -0.39 is 0 Å². The molecule has 3 heterocycles.